The number of hydrogen-bond donors (Lipinski definition) is 16. The lowest BCUT2D eigenvalue weighted by atomic mass is 9.75. The third-order valence-electron chi connectivity index (χ3n) is 22.2. The second-order valence-electron chi connectivity index (χ2n) is 28.7. The minimum absolute atomic E-state index is 0.194. The van der Waals surface area contributed by atoms with Crippen molar-refractivity contribution in [1.82, 2.24) is 0 Å². The van der Waals surface area contributed by atoms with Crippen LogP contribution >= 0.6 is 0 Å². The summed E-state index contributed by atoms with van der Waals surface area (Å²) >= 11 is 0. The second-order valence-corrected chi connectivity index (χ2v) is 35.0. The Morgan fingerprint density at radius 3 is 0.598 bits per heavy atom. The highest BCUT2D eigenvalue weighted by molar-refractivity contribution is 7.86. The highest BCUT2D eigenvalue weighted by Crippen LogP contribution is 2.58. The molecule has 112 heavy (non-hydrogen) atoms. The third-order valence-corrected chi connectivity index (χ3v) is 25.2. The van der Waals surface area contributed by atoms with Gasteiger partial charge in [0.25, 0.3) is 40.5 Å². The van der Waals surface area contributed by atoms with Gasteiger partial charge in [0.2, 0.25) is 0 Å². The topological polar surface area (TPSA) is 541 Å². The standard InChI is InChI=1S/C76H76N4O28S4/c81-65-45-29-46(66(82)53(65)33-77-57-13-5-1-9-37(57)25-61(77)73(89)90)42(18-22-110(100,101)102)48-31-50(70(86)55(68(48)84)35-79-59-15-7-3-11-39(59)27-63(79)75(93)94)44(20-24-112(106,107)108)52-32-51(71(87)56(72(52)88)36-80-60-16-8-4-12-40(60)28-64(80)76(95)96)43(19-23-111(103,104)105)49-30-47(41(45)17-21-109(97,98)99)67(83)54(69(49)85)34-78-58-14-6-2-10-38(58)26-62(78)74(91)92/h1-16,29-32,41-44,61-64,81-88H,17-28,33-36H2,(H,89,90)(H,91,92)(H,93,94)(H,95,96)(H,97,98,99)(H,100,101,102)(H,103,104,105)(H,106,107,108)/t41?,42?,43?,44?,61-,62-,63-,64-/m0/s1. The number of carboxylic acids is 4. The van der Waals surface area contributed by atoms with Crippen LogP contribution in [0.1, 0.15) is 138 Å². The van der Waals surface area contributed by atoms with Crippen LogP contribution in [0.3, 0.4) is 0 Å². The minimum atomic E-state index is -5.29. The molecule has 8 aromatic carbocycles. The number of nitrogens with zero attached hydrogens (tertiary/aromatic N) is 4. The molecular weight excluding hydrogens is 1550 g/mol. The first kappa shape index (κ1) is 79.0. The van der Waals surface area contributed by atoms with E-state index in [0.717, 1.165) is 24.3 Å². The van der Waals surface area contributed by atoms with Crippen molar-refractivity contribution in [1.29, 1.82) is 0 Å². The van der Waals surface area contributed by atoms with Gasteiger partial charge in [-0.15, -0.1) is 0 Å². The molecule has 4 heterocycles. The van der Waals surface area contributed by atoms with E-state index >= 15 is 0 Å². The molecule has 4 atom stereocenters. The Balaban J connectivity index is 1.23. The number of aromatic hydroxyl groups is 8. The van der Waals surface area contributed by atoms with E-state index in [4.69, 9.17) is 0 Å². The number of rotatable bonds is 24. The van der Waals surface area contributed by atoms with Crippen LogP contribution in [0.5, 0.6) is 46.0 Å². The summed E-state index contributed by atoms with van der Waals surface area (Å²) in [6.45, 7) is -3.57. The highest BCUT2D eigenvalue weighted by atomic mass is 32.2. The van der Waals surface area contributed by atoms with Crippen molar-refractivity contribution in [2.45, 2.75) is 125 Å². The smallest absolute Gasteiger partial charge is 0.326 e. The van der Waals surface area contributed by atoms with Crippen molar-refractivity contribution < 1.29 is 132 Å². The van der Waals surface area contributed by atoms with Gasteiger partial charge >= 0.3 is 23.9 Å². The zero-order chi connectivity index (χ0) is 80.9. The van der Waals surface area contributed by atoms with E-state index < -0.39 is 300 Å². The average molecular weight is 1620 g/mol. The average Bonchev–Trinajstić information content (AvgIpc) is 1.22. The molecule has 0 spiro atoms. The van der Waals surface area contributed by atoms with Crippen LogP contribution in [0.15, 0.2) is 121 Å². The SMILES string of the molecule is O=C(O)[C@@H]1Cc2ccccc2N1Cc1c(O)c2cc(c1O)C(CCS(=O)(=O)O)c1cc(c(O)c(CN3c4ccccc4C[C@H]3C(=O)O)c1O)C(CCS(=O)(=O)O)c1cc(c(O)c(CN3c4ccccc4C[C@H]3C(=O)O)c1O)C(CCS(=O)(=O)O)c1cc(c(O)c(CN3c4ccccc4C[C@H]3C(=O)O)c1O)C2CCS(=O)(=O)O. The summed E-state index contributed by atoms with van der Waals surface area (Å²) in [7, 11) is -21.2. The molecule has 5 aliphatic rings. The Hall–Kier alpha value is -11.1. The van der Waals surface area contributed by atoms with E-state index in [2.05, 4.69) is 0 Å². The summed E-state index contributed by atoms with van der Waals surface area (Å²) in [5.41, 5.74) is -5.78. The molecule has 0 unspecified atom stereocenters. The van der Waals surface area contributed by atoms with Crippen LogP contribution in [0.25, 0.3) is 0 Å². The zero-order valence-electron chi connectivity index (χ0n) is 59.0. The number of phenolic OH excluding ortho intramolecular Hbond substituents is 8. The molecule has 0 saturated carbocycles. The van der Waals surface area contributed by atoms with E-state index in [9.17, 15) is 132 Å². The number of para-hydroxylation sites is 4. The first-order valence-corrected chi connectivity index (χ1v) is 41.5. The van der Waals surface area contributed by atoms with Crippen molar-refractivity contribution in [2.75, 3.05) is 42.6 Å². The number of carbonyl (C=O) groups is 4. The van der Waals surface area contributed by atoms with E-state index in [0.29, 0.717) is 22.3 Å². The Labute approximate surface area is 640 Å². The number of fused-ring (bicyclic) bond motifs is 12. The number of phenols is 8. The lowest BCUT2D eigenvalue weighted by molar-refractivity contribution is -0.139. The number of aliphatic carboxylic acids is 4. The van der Waals surface area contributed by atoms with Gasteiger partial charge in [-0.25, -0.2) is 19.2 Å². The number of hydrogen-bond acceptors (Lipinski definition) is 24. The molecule has 8 aromatic rings. The molecule has 0 aromatic heterocycles. The Morgan fingerprint density at radius 1 is 0.286 bits per heavy atom. The summed E-state index contributed by atoms with van der Waals surface area (Å²) < 4.78 is 151. The van der Waals surface area contributed by atoms with Crippen molar-refractivity contribution in [2.24, 2.45) is 0 Å². The number of carboxylic acid groups (broad SMARTS) is 4. The van der Waals surface area contributed by atoms with Crippen LogP contribution in [0, 0.1) is 0 Å². The lowest BCUT2D eigenvalue weighted by Crippen LogP contribution is -2.38. The molecular formula is C76H76N4O28S4. The molecule has 0 amide bonds. The zero-order valence-corrected chi connectivity index (χ0v) is 62.2. The van der Waals surface area contributed by atoms with Crippen molar-refractivity contribution in [3.63, 3.8) is 0 Å². The first-order valence-electron chi connectivity index (χ1n) is 35.1. The van der Waals surface area contributed by atoms with E-state index in [-0.39, 0.29) is 48.4 Å². The molecule has 16 N–H and O–H groups in total. The van der Waals surface area contributed by atoms with Gasteiger partial charge in [0, 0.05) is 117 Å². The second kappa shape index (κ2) is 29.8. The van der Waals surface area contributed by atoms with Crippen LogP contribution in [0.4, 0.5) is 22.7 Å². The minimum Gasteiger partial charge on any atom is -0.507 e. The number of anilines is 4. The van der Waals surface area contributed by atoms with Gasteiger partial charge in [0.05, 0.1) is 71.4 Å². The molecule has 32 nitrogen and oxygen atoms in total. The molecule has 4 aliphatic heterocycles. The van der Waals surface area contributed by atoms with Crippen molar-refractivity contribution >= 4 is 87.1 Å². The Kier molecular flexibility index (Phi) is 21.0. The fourth-order valence-corrected chi connectivity index (χ4v) is 19.0. The maximum atomic E-state index is 13.5. The van der Waals surface area contributed by atoms with E-state index in [1.807, 2.05) is 0 Å². The third kappa shape index (κ3) is 15.3. The molecule has 8 bridgehead atoms. The van der Waals surface area contributed by atoms with E-state index in [1.54, 1.807) is 48.5 Å². The molecule has 0 fully saturated rings. The quantitative estimate of drug-likeness (QED) is 0.0263. The predicted molar refractivity (Wildman–Crippen MR) is 402 cm³/mol. The first-order chi connectivity index (χ1) is 52.7. The van der Waals surface area contributed by atoms with Gasteiger partial charge in [-0.2, -0.15) is 33.7 Å². The fourth-order valence-electron chi connectivity index (χ4n) is 16.9. The predicted octanol–water partition coefficient (Wildman–Crippen LogP) is 7.35. The van der Waals surface area contributed by atoms with E-state index in [1.165, 1.54) is 68.1 Å². The molecule has 0 saturated heterocycles. The molecule has 13 rings (SSSR count). The summed E-state index contributed by atoms with van der Waals surface area (Å²) in [5, 5.41) is 152. The van der Waals surface area contributed by atoms with Crippen molar-refractivity contribution in [3.8, 4) is 46.0 Å². The molecule has 0 radical (unpaired) electrons. The van der Waals surface area contributed by atoms with Crippen molar-refractivity contribution in [3.05, 3.63) is 210 Å². The van der Waals surface area contributed by atoms with Crippen LogP contribution in [-0.2, 0) is 112 Å². The van der Waals surface area contributed by atoms with Gasteiger partial charge in [-0.1, -0.05) is 72.8 Å². The van der Waals surface area contributed by atoms with Gasteiger partial charge in [0.15, 0.2) is 0 Å². The van der Waals surface area contributed by atoms with Gasteiger partial charge < -0.3 is 80.9 Å². The van der Waals surface area contributed by atoms with Crippen LogP contribution in [0.2, 0.25) is 0 Å². The van der Waals surface area contributed by atoms with Crippen LogP contribution < -0.4 is 19.6 Å². The van der Waals surface area contributed by atoms with Gasteiger partial charge in [0.1, 0.15) is 70.2 Å². The molecule has 592 valence electrons. The van der Waals surface area contributed by atoms with Gasteiger partial charge in [-0.3, -0.25) is 18.2 Å². The fraction of sp³-hybridized carbons (Fsp3) is 0.316. The molecule has 36 heteroatoms. The summed E-state index contributed by atoms with van der Waals surface area (Å²) in [6.07, 6.45) is -5.08. The Bertz CT molecular complexity index is 4900. The summed E-state index contributed by atoms with van der Waals surface area (Å²) in [6, 6.07) is 22.2. The maximum Gasteiger partial charge on any atom is 0.326 e. The Morgan fingerprint density at radius 2 is 0.446 bits per heavy atom. The summed E-state index contributed by atoms with van der Waals surface area (Å²) in [5.74, 6) is -28.5. The molecule has 1 aliphatic carbocycles. The highest BCUT2D eigenvalue weighted by Gasteiger charge is 2.45. The van der Waals surface area contributed by atoms with Gasteiger partial charge in [-0.05, 0) is 96.5 Å². The largest absolute Gasteiger partial charge is 0.507 e. The maximum absolute atomic E-state index is 13.5. The monoisotopic (exact) mass is 1620 g/mol. The van der Waals surface area contributed by atoms with Crippen LogP contribution in [-0.4, -0.2) is 184 Å². The lowest BCUT2D eigenvalue weighted by Gasteiger charge is -2.34. The normalized spacial score (nSPS) is 20.0. The summed E-state index contributed by atoms with van der Waals surface area (Å²) in [4.78, 5) is 58.7. The number of benzene rings is 8.